The van der Waals surface area contributed by atoms with Crippen molar-refractivity contribution in [3.8, 4) is 5.75 Å². The molecular weight excluding hydrogens is 504 g/mol. The number of carbonyl (C=O) groups excluding carboxylic acids is 2. The Kier molecular flexibility index (Phi) is 7.74. The van der Waals surface area contributed by atoms with Crippen LogP contribution in [-0.4, -0.2) is 39.5 Å². The third-order valence-corrected chi connectivity index (χ3v) is 7.14. The van der Waals surface area contributed by atoms with Crippen molar-refractivity contribution >= 4 is 55.9 Å². The molecule has 8 nitrogen and oxygen atoms in total. The first-order valence-electron chi connectivity index (χ1n) is 9.17. The fourth-order valence-corrected chi connectivity index (χ4v) is 4.69. The molecule has 1 N–H and O–H groups in total. The summed E-state index contributed by atoms with van der Waals surface area (Å²) in [6.45, 7) is 3.99. The van der Waals surface area contributed by atoms with E-state index in [1.54, 1.807) is 4.57 Å². The number of nitrogens with one attached hydrogen (secondary N) is 1. The van der Waals surface area contributed by atoms with Gasteiger partial charge in [0.05, 0.1) is 18.4 Å². The van der Waals surface area contributed by atoms with Crippen molar-refractivity contribution in [2.24, 2.45) is 7.05 Å². The molecule has 11 heteroatoms. The molecule has 1 amide bonds. The quantitative estimate of drug-likeness (QED) is 0.345. The van der Waals surface area contributed by atoms with E-state index in [4.69, 9.17) is 9.47 Å². The van der Waals surface area contributed by atoms with E-state index in [9.17, 15) is 9.59 Å². The highest BCUT2D eigenvalue weighted by molar-refractivity contribution is 9.10. The summed E-state index contributed by atoms with van der Waals surface area (Å²) in [5.74, 6) is 0.780. The minimum absolute atomic E-state index is 0.121. The van der Waals surface area contributed by atoms with E-state index in [1.807, 2.05) is 45.2 Å². The zero-order chi connectivity index (χ0) is 22.5. The van der Waals surface area contributed by atoms with Crippen LogP contribution in [0.15, 0.2) is 33.9 Å². The third-order valence-electron chi connectivity index (χ3n) is 4.47. The van der Waals surface area contributed by atoms with Crippen LogP contribution in [-0.2, 0) is 23.2 Å². The lowest BCUT2D eigenvalue weighted by atomic mass is 10.1. The monoisotopic (exact) mass is 524 g/mol. The van der Waals surface area contributed by atoms with Crippen molar-refractivity contribution in [1.29, 1.82) is 0 Å². The Labute approximate surface area is 196 Å². The molecule has 1 aromatic carbocycles. The van der Waals surface area contributed by atoms with Crippen LogP contribution >= 0.6 is 39.0 Å². The van der Waals surface area contributed by atoms with Gasteiger partial charge in [-0.1, -0.05) is 27.7 Å². The number of benzene rings is 1. The summed E-state index contributed by atoms with van der Waals surface area (Å²) in [6, 6.07) is 7.51. The maximum Gasteiger partial charge on any atom is 0.341 e. The number of esters is 1. The van der Waals surface area contributed by atoms with Gasteiger partial charge in [-0.25, -0.2) is 4.79 Å². The summed E-state index contributed by atoms with van der Waals surface area (Å²) >= 11 is 5.99. The van der Waals surface area contributed by atoms with Crippen LogP contribution in [0.3, 0.4) is 0 Å². The predicted octanol–water partition coefficient (Wildman–Crippen LogP) is 4.35. The van der Waals surface area contributed by atoms with Crippen LogP contribution in [0.2, 0.25) is 0 Å². The zero-order valence-electron chi connectivity index (χ0n) is 17.4. The van der Waals surface area contributed by atoms with Gasteiger partial charge in [0.25, 0.3) is 0 Å². The van der Waals surface area contributed by atoms with Crippen LogP contribution in [0, 0.1) is 13.8 Å². The van der Waals surface area contributed by atoms with Crippen molar-refractivity contribution in [3.63, 3.8) is 0 Å². The molecule has 2 aromatic heterocycles. The number of aromatic nitrogens is 3. The number of nitrogens with zero attached hydrogens (tertiary/aromatic N) is 3. The molecule has 0 aliphatic rings. The van der Waals surface area contributed by atoms with Gasteiger partial charge in [0.2, 0.25) is 5.91 Å². The normalized spacial score (nSPS) is 10.7. The first-order valence-corrected chi connectivity index (χ1v) is 11.8. The molecule has 0 aliphatic heterocycles. The molecule has 2 heterocycles. The molecule has 31 heavy (non-hydrogen) atoms. The molecule has 0 unspecified atom stereocenters. The highest BCUT2D eigenvalue weighted by Crippen LogP contribution is 2.33. The number of anilines is 1. The van der Waals surface area contributed by atoms with E-state index in [1.165, 1.54) is 30.2 Å². The van der Waals surface area contributed by atoms with Gasteiger partial charge in [0.1, 0.15) is 17.4 Å². The third kappa shape index (κ3) is 5.66. The molecule has 0 radical (unpaired) electrons. The SMILES string of the molecule is COC(=O)c1c(NC(=O)CSc2nnc(COc3ccc(Br)cc3)n2C)sc(C)c1C. The van der Waals surface area contributed by atoms with E-state index < -0.39 is 5.97 Å². The molecule has 0 fully saturated rings. The van der Waals surface area contributed by atoms with Gasteiger partial charge in [-0.05, 0) is 43.7 Å². The fraction of sp³-hybridized carbons (Fsp3) is 0.300. The molecule has 0 aliphatic carbocycles. The molecule has 3 rings (SSSR count). The van der Waals surface area contributed by atoms with E-state index in [2.05, 4.69) is 31.4 Å². The molecule has 0 bridgehead atoms. The maximum absolute atomic E-state index is 12.5. The summed E-state index contributed by atoms with van der Waals surface area (Å²) in [7, 11) is 3.14. The first-order chi connectivity index (χ1) is 14.8. The Balaban J connectivity index is 1.58. The highest BCUT2D eigenvalue weighted by Gasteiger charge is 2.22. The summed E-state index contributed by atoms with van der Waals surface area (Å²) in [4.78, 5) is 25.5. The Morgan fingerprint density at radius 1 is 1.23 bits per heavy atom. The number of hydrogen-bond acceptors (Lipinski definition) is 8. The van der Waals surface area contributed by atoms with Crippen LogP contribution in [0.5, 0.6) is 5.75 Å². The van der Waals surface area contributed by atoms with Crippen LogP contribution < -0.4 is 10.1 Å². The number of carbonyl (C=O) groups is 2. The van der Waals surface area contributed by atoms with Crippen molar-refractivity contribution in [3.05, 3.63) is 50.6 Å². The van der Waals surface area contributed by atoms with Crippen molar-refractivity contribution in [2.45, 2.75) is 25.6 Å². The van der Waals surface area contributed by atoms with Crippen LogP contribution in [0.1, 0.15) is 26.6 Å². The van der Waals surface area contributed by atoms with Gasteiger partial charge < -0.3 is 19.4 Å². The van der Waals surface area contributed by atoms with Gasteiger partial charge in [0.15, 0.2) is 11.0 Å². The summed E-state index contributed by atoms with van der Waals surface area (Å²) < 4.78 is 13.3. The average Bonchev–Trinajstić information content (AvgIpc) is 3.24. The Morgan fingerprint density at radius 3 is 2.61 bits per heavy atom. The maximum atomic E-state index is 12.5. The number of amides is 1. The standard InChI is InChI=1S/C20H21BrN4O4S2/c1-11-12(2)31-18(17(11)19(27)28-4)22-16(26)10-30-20-24-23-15(25(20)3)9-29-14-7-5-13(21)6-8-14/h5-8H,9-10H2,1-4H3,(H,22,26). The summed E-state index contributed by atoms with van der Waals surface area (Å²) in [5.41, 5.74) is 1.21. The number of aryl methyl sites for hydroxylation is 1. The molecular formula is C20H21BrN4O4S2. The molecule has 0 spiro atoms. The smallest absolute Gasteiger partial charge is 0.341 e. The summed E-state index contributed by atoms with van der Waals surface area (Å²) in [6.07, 6.45) is 0. The second-order valence-electron chi connectivity index (χ2n) is 6.52. The van der Waals surface area contributed by atoms with E-state index in [0.29, 0.717) is 21.5 Å². The molecule has 0 saturated heterocycles. The van der Waals surface area contributed by atoms with Crippen LogP contribution in [0.25, 0.3) is 0 Å². The number of methoxy groups -OCH3 is 1. The average molecular weight is 525 g/mol. The summed E-state index contributed by atoms with van der Waals surface area (Å²) in [5, 5.41) is 12.2. The number of thiophene rings is 1. The first kappa shape index (κ1) is 23.3. The Bertz CT molecular complexity index is 1100. The number of hydrogen-bond donors (Lipinski definition) is 1. The molecule has 164 valence electrons. The van der Waals surface area contributed by atoms with Gasteiger partial charge in [-0.2, -0.15) is 0 Å². The minimum atomic E-state index is -0.464. The molecule has 0 saturated carbocycles. The van der Waals surface area contributed by atoms with Crippen molar-refractivity contribution < 1.29 is 19.1 Å². The Hall–Kier alpha value is -2.37. The zero-order valence-corrected chi connectivity index (χ0v) is 20.6. The van der Waals surface area contributed by atoms with Crippen molar-refractivity contribution in [2.75, 3.05) is 18.2 Å². The van der Waals surface area contributed by atoms with E-state index >= 15 is 0 Å². The predicted molar refractivity (Wildman–Crippen MR) is 124 cm³/mol. The molecule has 0 atom stereocenters. The van der Waals surface area contributed by atoms with Gasteiger partial charge in [0, 0.05) is 16.4 Å². The largest absolute Gasteiger partial charge is 0.486 e. The number of rotatable bonds is 8. The number of ether oxygens (including phenoxy) is 2. The highest BCUT2D eigenvalue weighted by atomic mass is 79.9. The topological polar surface area (TPSA) is 95.3 Å². The van der Waals surface area contributed by atoms with Gasteiger partial charge in [-0.15, -0.1) is 21.5 Å². The van der Waals surface area contributed by atoms with Gasteiger partial charge in [-0.3, -0.25) is 4.79 Å². The minimum Gasteiger partial charge on any atom is -0.486 e. The van der Waals surface area contributed by atoms with Crippen molar-refractivity contribution in [1.82, 2.24) is 14.8 Å². The van der Waals surface area contributed by atoms with Crippen LogP contribution in [0.4, 0.5) is 5.00 Å². The lowest BCUT2D eigenvalue weighted by Crippen LogP contribution is -2.16. The fourth-order valence-electron chi connectivity index (χ4n) is 2.63. The van der Waals surface area contributed by atoms with E-state index in [0.717, 1.165) is 20.7 Å². The second kappa shape index (κ2) is 10.3. The number of thioether (sulfide) groups is 1. The lowest BCUT2D eigenvalue weighted by molar-refractivity contribution is -0.113. The second-order valence-corrected chi connectivity index (χ2v) is 9.60. The lowest BCUT2D eigenvalue weighted by Gasteiger charge is -2.07. The molecule has 3 aromatic rings. The number of halogens is 1. The van der Waals surface area contributed by atoms with E-state index in [-0.39, 0.29) is 18.3 Å². The Morgan fingerprint density at radius 2 is 1.94 bits per heavy atom. The van der Waals surface area contributed by atoms with Gasteiger partial charge >= 0.3 is 5.97 Å².